The second-order valence-electron chi connectivity index (χ2n) is 10.2. The van der Waals surface area contributed by atoms with Crippen LogP contribution in [0, 0.1) is 13.8 Å². The Morgan fingerprint density at radius 1 is 0.789 bits per heavy atom. The number of β-amino-alcohol motifs (C(OH)–C–C–N with tert-alkyl or cyclic N) is 1. The Kier molecular flexibility index (Phi) is 6.86. The molecule has 1 spiro atoms. The van der Waals surface area contributed by atoms with Gasteiger partial charge in [0.15, 0.2) is 0 Å². The molecule has 1 amide bonds. The molecule has 6 nitrogen and oxygen atoms in total. The molecule has 1 N–H and O–H groups in total. The number of amides is 1. The van der Waals surface area contributed by atoms with Gasteiger partial charge in [0.05, 0.1) is 6.61 Å². The number of ether oxygens (including phenoxy) is 1. The van der Waals surface area contributed by atoms with E-state index in [1.54, 1.807) is 0 Å². The van der Waals surface area contributed by atoms with Crippen LogP contribution in [0.1, 0.15) is 65.9 Å². The Hall–Kier alpha value is -3.51. The highest BCUT2D eigenvalue weighted by Crippen LogP contribution is 2.59. The molecule has 6 heteroatoms. The summed E-state index contributed by atoms with van der Waals surface area (Å²) in [5, 5.41) is 10.2. The van der Waals surface area contributed by atoms with Gasteiger partial charge in [-0.2, -0.15) is 0 Å². The third-order valence-electron chi connectivity index (χ3n) is 8.32. The molecule has 0 aromatic heterocycles. The molecular weight excluding hydrogens is 474 g/mol. The summed E-state index contributed by atoms with van der Waals surface area (Å²) in [4.78, 5) is 20.5. The molecule has 5 rings (SSSR count). The molecule has 0 bridgehead atoms. The second kappa shape index (κ2) is 9.99. The number of aryl methyl sites for hydroxylation is 2. The fraction of sp³-hybridized carbons (Fsp3) is 0.406. The monoisotopic (exact) mass is 513 g/mol. The van der Waals surface area contributed by atoms with Gasteiger partial charge in [-0.1, -0.05) is 18.2 Å². The van der Waals surface area contributed by atoms with Gasteiger partial charge in [0, 0.05) is 72.9 Å². The minimum atomic E-state index is -0.890. The van der Waals surface area contributed by atoms with Crippen LogP contribution in [-0.2, 0) is 5.54 Å². The molecule has 0 aliphatic carbocycles. The van der Waals surface area contributed by atoms with E-state index in [4.69, 9.17) is 4.74 Å². The van der Waals surface area contributed by atoms with E-state index in [9.17, 15) is 9.90 Å². The van der Waals surface area contributed by atoms with Crippen LogP contribution in [0.3, 0.4) is 0 Å². The van der Waals surface area contributed by atoms with E-state index >= 15 is 0 Å². The van der Waals surface area contributed by atoms with Gasteiger partial charge in [-0.15, -0.1) is 0 Å². The molecule has 3 aromatic rings. The van der Waals surface area contributed by atoms with Crippen molar-refractivity contribution >= 4 is 17.3 Å². The van der Waals surface area contributed by atoms with Crippen molar-refractivity contribution in [2.45, 2.75) is 47.1 Å². The topological polar surface area (TPSA) is 56.2 Å². The SMILES string of the molecule is CCN(CC)c1cc2c(cc1C)C1(c3cc(C)c(N(CC)CC)cc3O2)c2ccccc2C(=O)N1CCO. The highest BCUT2D eigenvalue weighted by molar-refractivity contribution is 6.02. The Balaban J connectivity index is 1.89. The molecule has 0 unspecified atom stereocenters. The minimum Gasteiger partial charge on any atom is -0.456 e. The Morgan fingerprint density at radius 3 is 1.76 bits per heavy atom. The number of nitrogens with zero attached hydrogens (tertiary/aromatic N) is 3. The molecule has 0 radical (unpaired) electrons. The van der Waals surface area contributed by atoms with E-state index < -0.39 is 5.54 Å². The summed E-state index contributed by atoms with van der Waals surface area (Å²) in [6.07, 6.45) is 0. The summed E-state index contributed by atoms with van der Waals surface area (Å²) in [7, 11) is 0. The lowest BCUT2D eigenvalue weighted by molar-refractivity contribution is 0.0615. The smallest absolute Gasteiger partial charge is 0.255 e. The second-order valence-corrected chi connectivity index (χ2v) is 10.2. The Morgan fingerprint density at radius 2 is 1.29 bits per heavy atom. The van der Waals surface area contributed by atoms with Crippen LogP contribution in [0.5, 0.6) is 11.5 Å². The van der Waals surface area contributed by atoms with Gasteiger partial charge >= 0.3 is 0 Å². The maximum Gasteiger partial charge on any atom is 0.255 e. The average Bonchev–Trinajstić information content (AvgIpc) is 3.16. The first-order valence-corrected chi connectivity index (χ1v) is 13.9. The molecule has 2 heterocycles. The van der Waals surface area contributed by atoms with Crippen molar-refractivity contribution in [2.75, 3.05) is 49.1 Å². The zero-order chi connectivity index (χ0) is 27.2. The number of carbonyl (C=O) groups excluding carboxylic acids is 1. The number of hydrogen-bond donors (Lipinski definition) is 1. The number of hydrogen-bond acceptors (Lipinski definition) is 5. The van der Waals surface area contributed by atoms with Crippen molar-refractivity contribution < 1.29 is 14.6 Å². The fourth-order valence-corrected chi connectivity index (χ4v) is 6.54. The molecule has 3 aromatic carbocycles. The molecule has 200 valence electrons. The number of aliphatic hydroxyl groups excluding tert-OH is 1. The van der Waals surface area contributed by atoms with Crippen LogP contribution in [-0.4, -0.2) is 55.2 Å². The van der Waals surface area contributed by atoms with Gasteiger partial charge in [-0.05, 0) is 76.4 Å². The summed E-state index contributed by atoms with van der Waals surface area (Å²) in [5.41, 5.74) is 7.15. The zero-order valence-corrected chi connectivity index (χ0v) is 23.5. The highest BCUT2D eigenvalue weighted by atomic mass is 16.5. The number of benzene rings is 3. The molecular formula is C32H39N3O3. The van der Waals surface area contributed by atoms with Crippen molar-refractivity contribution in [3.63, 3.8) is 0 Å². The van der Waals surface area contributed by atoms with Crippen LogP contribution in [0.25, 0.3) is 0 Å². The average molecular weight is 514 g/mol. The quantitative estimate of drug-likeness (QED) is 0.410. The zero-order valence-electron chi connectivity index (χ0n) is 23.5. The fourth-order valence-electron chi connectivity index (χ4n) is 6.54. The molecule has 2 aliphatic rings. The van der Waals surface area contributed by atoms with Crippen molar-refractivity contribution in [3.05, 3.63) is 81.9 Å². The van der Waals surface area contributed by atoms with Crippen molar-refractivity contribution in [2.24, 2.45) is 0 Å². The standard InChI is InChI=1S/C32H39N3O3/c1-7-33(8-2)27-19-29-25(17-21(27)5)32(24-14-12-11-13-23(24)31(37)35(32)15-16-36)26-18-22(6)28(20-30(26)38-29)34(9-3)10-4/h11-14,17-20,36H,7-10,15-16H2,1-6H3. The van der Waals surface area contributed by atoms with E-state index in [2.05, 4.69) is 81.7 Å². The first-order valence-electron chi connectivity index (χ1n) is 13.9. The number of rotatable bonds is 8. The van der Waals surface area contributed by atoms with Crippen LogP contribution in [0.15, 0.2) is 48.5 Å². The van der Waals surface area contributed by atoms with Crippen molar-refractivity contribution in [1.29, 1.82) is 0 Å². The van der Waals surface area contributed by atoms with E-state index in [1.807, 2.05) is 23.1 Å². The number of anilines is 2. The number of carbonyl (C=O) groups is 1. The summed E-state index contributed by atoms with van der Waals surface area (Å²) in [6.45, 7) is 16.6. The van der Waals surface area contributed by atoms with Crippen LogP contribution >= 0.6 is 0 Å². The van der Waals surface area contributed by atoms with E-state index in [0.717, 1.165) is 76.9 Å². The van der Waals surface area contributed by atoms with Gasteiger partial charge in [0.25, 0.3) is 5.91 Å². The third-order valence-corrected chi connectivity index (χ3v) is 8.32. The maximum atomic E-state index is 13.9. The lowest BCUT2D eigenvalue weighted by Gasteiger charge is -2.45. The third kappa shape index (κ3) is 3.61. The largest absolute Gasteiger partial charge is 0.456 e. The molecule has 38 heavy (non-hydrogen) atoms. The van der Waals surface area contributed by atoms with Crippen LogP contribution < -0.4 is 14.5 Å². The van der Waals surface area contributed by atoms with Gasteiger partial charge in [0.1, 0.15) is 17.0 Å². The predicted molar refractivity (Wildman–Crippen MR) is 154 cm³/mol. The van der Waals surface area contributed by atoms with E-state index in [0.29, 0.717) is 5.56 Å². The number of fused-ring (bicyclic) bond motifs is 6. The van der Waals surface area contributed by atoms with Crippen LogP contribution in [0.2, 0.25) is 0 Å². The minimum absolute atomic E-state index is 0.0654. The number of aliphatic hydroxyl groups is 1. The van der Waals surface area contributed by atoms with Gasteiger partial charge in [-0.3, -0.25) is 4.79 Å². The molecule has 0 fully saturated rings. The summed E-state index contributed by atoms with van der Waals surface area (Å²) in [6, 6.07) is 16.5. The lowest BCUT2D eigenvalue weighted by atomic mass is 9.73. The Bertz CT molecular complexity index is 1310. The molecule has 0 saturated heterocycles. The van der Waals surface area contributed by atoms with Crippen molar-refractivity contribution in [3.8, 4) is 11.5 Å². The summed E-state index contributed by atoms with van der Waals surface area (Å²) >= 11 is 0. The van der Waals surface area contributed by atoms with E-state index in [-0.39, 0.29) is 19.1 Å². The first-order chi connectivity index (χ1) is 18.4. The molecule has 0 atom stereocenters. The van der Waals surface area contributed by atoms with Crippen LogP contribution in [0.4, 0.5) is 11.4 Å². The van der Waals surface area contributed by atoms with Gasteiger partial charge < -0.3 is 24.5 Å². The lowest BCUT2D eigenvalue weighted by Crippen LogP contribution is -2.48. The normalized spacial score (nSPS) is 14.7. The van der Waals surface area contributed by atoms with Gasteiger partial charge in [0.2, 0.25) is 0 Å². The van der Waals surface area contributed by atoms with Crippen molar-refractivity contribution in [1.82, 2.24) is 4.90 Å². The molecule has 2 aliphatic heterocycles. The summed E-state index contributed by atoms with van der Waals surface area (Å²) in [5.74, 6) is 1.45. The first kappa shape index (κ1) is 26.1. The van der Waals surface area contributed by atoms with Gasteiger partial charge in [-0.25, -0.2) is 0 Å². The van der Waals surface area contributed by atoms with E-state index in [1.165, 1.54) is 0 Å². The molecule has 0 saturated carbocycles. The Labute approximate surface area is 226 Å². The highest BCUT2D eigenvalue weighted by Gasteiger charge is 2.56. The summed E-state index contributed by atoms with van der Waals surface area (Å²) < 4.78 is 6.76. The maximum absolute atomic E-state index is 13.9. The predicted octanol–water partition coefficient (Wildman–Crippen LogP) is 5.84.